The molecule has 8 heteroatoms. The number of amides is 1. The number of hydrogen-bond acceptors (Lipinski definition) is 3. The first-order chi connectivity index (χ1) is 11.9. The summed E-state index contributed by atoms with van der Waals surface area (Å²) in [5.41, 5.74) is -0.625. The summed E-state index contributed by atoms with van der Waals surface area (Å²) < 4.78 is 46.3. The highest BCUT2D eigenvalue weighted by Crippen LogP contribution is 2.36. The van der Waals surface area contributed by atoms with E-state index >= 15 is 0 Å². The second kappa shape index (κ2) is 6.42. The van der Waals surface area contributed by atoms with E-state index in [0.717, 1.165) is 11.1 Å². The molecular formula is C17H18F3N3O2. The molecule has 1 aromatic carbocycles. The summed E-state index contributed by atoms with van der Waals surface area (Å²) >= 11 is 0. The van der Waals surface area contributed by atoms with Crippen LogP contribution in [0.5, 0.6) is 5.75 Å². The average Bonchev–Trinajstić information content (AvgIpc) is 2.98. The Bertz CT molecular complexity index is 782. The SMILES string of the molecule is CCCN1CCc2c(C(F)(F)F)nn(-c3ccc(OC)cc3)c2C1=O. The molecule has 0 saturated carbocycles. The lowest BCUT2D eigenvalue weighted by Gasteiger charge is -2.27. The first-order valence-corrected chi connectivity index (χ1v) is 7.99. The lowest BCUT2D eigenvalue weighted by atomic mass is 10.0. The average molecular weight is 353 g/mol. The Labute approximate surface area is 143 Å². The van der Waals surface area contributed by atoms with Crippen LogP contribution in [-0.2, 0) is 12.6 Å². The molecule has 3 rings (SSSR count). The number of hydrogen-bond donors (Lipinski definition) is 0. The van der Waals surface area contributed by atoms with Gasteiger partial charge in [-0.05, 0) is 37.1 Å². The largest absolute Gasteiger partial charge is 0.497 e. The van der Waals surface area contributed by atoms with Crippen molar-refractivity contribution in [2.75, 3.05) is 20.2 Å². The number of alkyl halides is 3. The quantitative estimate of drug-likeness (QED) is 0.847. The van der Waals surface area contributed by atoms with Crippen LogP contribution in [0.15, 0.2) is 24.3 Å². The Hall–Kier alpha value is -2.51. The molecule has 0 fully saturated rings. The van der Waals surface area contributed by atoms with Gasteiger partial charge in [-0.3, -0.25) is 4.79 Å². The molecule has 0 aliphatic carbocycles. The Morgan fingerprint density at radius 3 is 2.48 bits per heavy atom. The topological polar surface area (TPSA) is 47.4 Å². The van der Waals surface area contributed by atoms with Gasteiger partial charge >= 0.3 is 6.18 Å². The summed E-state index contributed by atoms with van der Waals surface area (Å²) in [5.74, 6) is 0.154. The van der Waals surface area contributed by atoms with E-state index in [1.807, 2.05) is 6.92 Å². The van der Waals surface area contributed by atoms with Crippen LogP contribution in [0.2, 0.25) is 0 Å². The fourth-order valence-corrected chi connectivity index (χ4v) is 3.03. The Morgan fingerprint density at radius 1 is 1.24 bits per heavy atom. The number of aromatic nitrogens is 2. The highest BCUT2D eigenvalue weighted by molar-refractivity contribution is 5.96. The van der Waals surface area contributed by atoms with Crippen LogP contribution in [0, 0.1) is 0 Å². The van der Waals surface area contributed by atoms with Crippen LogP contribution in [0.4, 0.5) is 13.2 Å². The zero-order valence-electron chi connectivity index (χ0n) is 13.9. The van der Waals surface area contributed by atoms with Gasteiger partial charge in [-0.15, -0.1) is 0 Å². The number of carbonyl (C=O) groups is 1. The van der Waals surface area contributed by atoms with Crippen molar-refractivity contribution in [2.24, 2.45) is 0 Å². The molecule has 2 heterocycles. The van der Waals surface area contributed by atoms with Gasteiger partial charge in [-0.1, -0.05) is 6.92 Å². The van der Waals surface area contributed by atoms with Crippen LogP contribution >= 0.6 is 0 Å². The zero-order chi connectivity index (χ0) is 18.2. The Kier molecular flexibility index (Phi) is 4.45. The van der Waals surface area contributed by atoms with Crippen molar-refractivity contribution in [1.82, 2.24) is 14.7 Å². The maximum Gasteiger partial charge on any atom is 0.435 e. The molecule has 25 heavy (non-hydrogen) atoms. The minimum atomic E-state index is -4.60. The van der Waals surface area contributed by atoms with Gasteiger partial charge in [0.15, 0.2) is 5.69 Å². The summed E-state index contributed by atoms with van der Waals surface area (Å²) in [5, 5.41) is 3.74. The molecule has 0 radical (unpaired) electrons. The van der Waals surface area contributed by atoms with Gasteiger partial charge in [0.2, 0.25) is 0 Å². The number of nitrogens with zero attached hydrogens (tertiary/aromatic N) is 3. The number of methoxy groups -OCH3 is 1. The molecule has 134 valence electrons. The van der Waals surface area contributed by atoms with E-state index in [1.54, 1.807) is 29.2 Å². The minimum absolute atomic E-state index is 0.00260. The Morgan fingerprint density at radius 2 is 1.92 bits per heavy atom. The van der Waals surface area contributed by atoms with Crippen molar-refractivity contribution in [1.29, 1.82) is 0 Å². The van der Waals surface area contributed by atoms with Gasteiger partial charge in [0.1, 0.15) is 11.4 Å². The molecule has 0 atom stereocenters. The number of halogens is 3. The maximum atomic E-state index is 13.4. The van der Waals surface area contributed by atoms with Crippen LogP contribution in [-0.4, -0.2) is 40.8 Å². The summed E-state index contributed by atoms with van der Waals surface area (Å²) in [7, 11) is 1.50. The monoisotopic (exact) mass is 353 g/mol. The van der Waals surface area contributed by atoms with Crippen molar-refractivity contribution in [3.05, 3.63) is 41.2 Å². The van der Waals surface area contributed by atoms with E-state index < -0.39 is 17.8 Å². The van der Waals surface area contributed by atoms with Gasteiger partial charge in [0.25, 0.3) is 5.91 Å². The van der Waals surface area contributed by atoms with Crippen LogP contribution in [0.3, 0.4) is 0 Å². The van der Waals surface area contributed by atoms with Gasteiger partial charge in [-0.25, -0.2) is 4.68 Å². The molecule has 0 unspecified atom stereocenters. The molecule has 0 saturated heterocycles. The fourth-order valence-electron chi connectivity index (χ4n) is 3.03. The number of ether oxygens (including phenoxy) is 1. The van der Waals surface area contributed by atoms with Crippen molar-refractivity contribution in [3.63, 3.8) is 0 Å². The highest BCUT2D eigenvalue weighted by atomic mass is 19.4. The van der Waals surface area contributed by atoms with Gasteiger partial charge in [0, 0.05) is 18.7 Å². The third-order valence-corrected chi connectivity index (χ3v) is 4.18. The molecule has 5 nitrogen and oxygen atoms in total. The second-order valence-electron chi connectivity index (χ2n) is 5.83. The molecule has 0 spiro atoms. The molecule has 1 aromatic heterocycles. The van der Waals surface area contributed by atoms with E-state index in [1.165, 1.54) is 7.11 Å². The predicted octanol–water partition coefficient (Wildman–Crippen LogP) is 3.31. The third kappa shape index (κ3) is 3.08. The van der Waals surface area contributed by atoms with Gasteiger partial charge in [-0.2, -0.15) is 18.3 Å². The number of fused-ring (bicyclic) bond motifs is 1. The summed E-state index contributed by atoms with van der Waals surface area (Å²) in [6.45, 7) is 2.70. The number of benzene rings is 1. The van der Waals surface area contributed by atoms with Crippen molar-refractivity contribution < 1.29 is 22.7 Å². The molecule has 0 N–H and O–H groups in total. The molecule has 1 amide bonds. The van der Waals surface area contributed by atoms with E-state index in [0.29, 0.717) is 18.0 Å². The maximum absolute atomic E-state index is 13.4. The van der Waals surface area contributed by atoms with Crippen molar-refractivity contribution in [2.45, 2.75) is 25.9 Å². The lowest BCUT2D eigenvalue weighted by molar-refractivity contribution is -0.142. The van der Waals surface area contributed by atoms with E-state index in [2.05, 4.69) is 5.10 Å². The predicted molar refractivity (Wildman–Crippen MR) is 85.0 cm³/mol. The summed E-state index contributed by atoms with van der Waals surface area (Å²) in [6.07, 6.45) is -3.72. The zero-order valence-corrected chi connectivity index (χ0v) is 13.9. The minimum Gasteiger partial charge on any atom is -0.497 e. The van der Waals surface area contributed by atoms with Crippen LogP contribution in [0.25, 0.3) is 5.69 Å². The normalized spacial score (nSPS) is 14.6. The van der Waals surface area contributed by atoms with Crippen LogP contribution in [0.1, 0.15) is 35.1 Å². The molecular weight excluding hydrogens is 335 g/mol. The molecule has 1 aliphatic rings. The standard InChI is InChI=1S/C17H18F3N3O2/c1-3-9-22-10-8-13-14(16(22)24)23(21-15(13)17(18,19)20)11-4-6-12(25-2)7-5-11/h4-7H,3,8-10H2,1-2H3. The molecule has 0 bridgehead atoms. The van der Waals surface area contributed by atoms with Crippen LogP contribution < -0.4 is 4.74 Å². The van der Waals surface area contributed by atoms with Crippen molar-refractivity contribution >= 4 is 5.91 Å². The van der Waals surface area contributed by atoms with Gasteiger partial charge in [0.05, 0.1) is 12.8 Å². The van der Waals surface area contributed by atoms with Gasteiger partial charge < -0.3 is 9.64 Å². The second-order valence-corrected chi connectivity index (χ2v) is 5.83. The highest BCUT2D eigenvalue weighted by Gasteiger charge is 2.42. The lowest BCUT2D eigenvalue weighted by Crippen LogP contribution is -2.39. The first-order valence-electron chi connectivity index (χ1n) is 7.99. The van der Waals surface area contributed by atoms with Crippen molar-refractivity contribution in [3.8, 4) is 11.4 Å². The first kappa shape index (κ1) is 17.3. The van der Waals surface area contributed by atoms with E-state index in [4.69, 9.17) is 4.74 Å². The smallest absolute Gasteiger partial charge is 0.435 e. The molecule has 2 aromatic rings. The van der Waals surface area contributed by atoms with E-state index in [-0.39, 0.29) is 24.2 Å². The number of carbonyl (C=O) groups excluding carboxylic acids is 1. The fraction of sp³-hybridized carbons (Fsp3) is 0.412. The Balaban J connectivity index is 2.15. The molecule has 1 aliphatic heterocycles. The third-order valence-electron chi connectivity index (χ3n) is 4.18. The summed E-state index contributed by atoms with van der Waals surface area (Å²) in [6, 6.07) is 6.40. The number of rotatable bonds is 4. The summed E-state index contributed by atoms with van der Waals surface area (Å²) in [4.78, 5) is 14.3. The van der Waals surface area contributed by atoms with E-state index in [9.17, 15) is 18.0 Å².